The van der Waals surface area contributed by atoms with Gasteiger partial charge in [0.2, 0.25) is 0 Å². The summed E-state index contributed by atoms with van der Waals surface area (Å²) in [6.07, 6.45) is 0. The summed E-state index contributed by atoms with van der Waals surface area (Å²) < 4.78 is 10.9. The number of nitriles is 1. The van der Waals surface area contributed by atoms with Gasteiger partial charge in [-0.25, -0.2) is 0 Å². The molecule has 0 unspecified atom stereocenters. The van der Waals surface area contributed by atoms with Crippen LogP contribution in [0.4, 0.5) is 0 Å². The van der Waals surface area contributed by atoms with Crippen LogP contribution in [-0.4, -0.2) is 12.2 Å². The first kappa shape index (κ1) is 14.2. The SMILES string of the molecule is COc1cc(C#N)ccc1Oc1cc(Cl)ccc1CO. The number of benzene rings is 2. The van der Waals surface area contributed by atoms with E-state index in [-0.39, 0.29) is 6.61 Å². The van der Waals surface area contributed by atoms with Gasteiger partial charge in [-0.1, -0.05) is 17.7 Å². The fourth-order valence-electron chi connectivity index (χ4n) is 1.69. The van der Waals surface area contributed by atoms with E-state index in [1.807, 2.05) is 6.07 Å². The number of ether oxygens (including phenoxy) is 2. The Morgan fingerprint density at radius 2 is 1.95 bits per heavy atom. The number of methoxy groups -OCH3 is 1. The van der Waals surface area contributed by atoms with E-state index in [4.69, 9.17) is 26.3 Å². The number of aliphatic hydroxyl groups is 1. The molecular weight excluding hydrogens is 278 g/mol. The third kappa shape index (κ3) is 3.02. The maximum Gasteiger partial charge on any atom is 0.169 e. The molecule has 0 bridgehead atoms. The van der Waals surface area contributed by atoms with E-state index >= 15 is 0 Å². The van der Waals surface area contributed by atoms with Crippen molar-refractivity contribution >= 4 is 11.6 Å². The lowest BCUT2D eigenvalue weighted by molar-refractivity contribution is 0.275. The number of rotatable bonds is 4. The molecule has 2 aromatic rings. The molecule has 0 spiro atoms. The zero-order valence-electron chi connectivity index (χ0n) is 10.8. The highest BCUT2D eigenvalue weighted by Gasteiger charge is 2.10. The first-order chi connectivity index (χ1) is 9.67. The van der Waals surface area contributed by atoms with Crippen molar-refractivity contribution in [2.45, 2.75) is 6.61 Å². The molecule has 2 rings (SSSR count). The molecule has 1 N–H and O–H groups in total. The van der Waals surface area contributed by atoms with E-state index in [2.05, 4.69) is 0 Å². The van der Waals surface area contributed by atoms with Gasteiger partial charge in [0.05, 0.1) is 25.3 Å². The summed E-state index contributed by atoms with van der Waals surface area (Å²) in [7, 11) is 1.49. The minimum Gasteiger partial charge on any atom is -0.493 e. The van der Waals surface area contributed by atoms with Gasteiger partial charge in [0.25, 0.3) is 0 Å². The van der Waals surface area contributed by atoms with Crippen LogP contribution in [-0.2, 0) is 6.61 Å². The van der Waals surface area contributed by atoms with Crippen molar-refractivity contribution in [1.29, 1.82) is 5.26 Å². The Bertz CT molecular complexity index is 665. The Balaban J connectivity index is 2.39. The lowest BCUT2D eigenvalue weighted by Crippen LogP contribution is -1.95. The number of hydrogen-bond acceptors (Lipinski definition) is 4. The summed E-state index contributed by atoms with van der Waals surface area (Å²) in [6, 6.07) is 11.9. The lowest BCUT2D eigenvalue weighted by Gasteiger charge is -2.13. The molecule has 2 aromatic carbocycles. The molecule has 0 aliphatic carbocycles. The fraction of sp³-hybridized carbons (Fsp3) is 0.133. The molecule has 102 valence electrons. The molecule has 0 saturated heterocycles. The number of hydrogen-bond donors (Lipinski definition) is 1. The molecule has 0 aliphatic heterocycles. The van der Waals surface area contributed by atoms with Crippen LogP contribution in [0.3, 0.4) is 0 Å². The van der Waals surface area contributed by atoms with E-state index in [1.54, 1.807) is 36.4 Å². The summed E-state index contributed by atoms with van der Waals surface area (Å²) in [5.41, 5.74) is 1.09. The largest absolute Gasteiger partial charge is 0.493 e. The summed E-state index contributed by atoms with van der Waals surface area (Å²) >= 11 is 5.93. The highest BCUT2D eigenvalue weighted by molar-refractivity contribution is 6.30. The van der Waals surface area contributed by atoms with Gasteiger partial charge < -0.3 is 14.6 Å². The first-order valence-corrected chi connectivity index (χ1v) is 6.21. The number of aliphatic hydroxyl groups excluding tert-OH is 1. The van der Waals surface area contributed by atoms with E-state index in [9.17, 15) is 5.11 Å². The van der Waals surface area contributed by atoms with Gasteiger partial charge in [-0.3, -0.25) is 0 Å². The molecule has 0 heterocycles. The van der Waals surface area contributed by atoms with Crippen LogP contribution in [0.15, 0.2) is 36.4 Å². The summed E-state index contributed by atoms with van der Waals surface area (Å²) in [5, 5.41) is 18.7. The second-order valence-electron chi connectivity index (χ2n) is 3.99. The predicted octanol–water partition coefficient (Wildman–Crippen LogP) is 3.50. The highest BCUT2D eigenvalue weighted by Crippen LogP contribution is 2.35. The van der Waals surface area contributed by atoms with E-state index in [0.29, 0.717) is 33.4 Å². The van der Waals surface area contributed by atoms with Gasteiger partial charge in [-0.2, -0.15) is 5.26 Å². The Hall–Kier alpha value is -2.22. The topological polar surface area (TPSA) is 62.5 Å². The third-order valence-electron chi connectivity index (χ3n) is 2.71. The minimum atomic E-state index is -0.162. The molecule has 0 amide bonds. The zero-order valence-corrected chi connectivity index (χ0v) is 11.5. The van der Waals surface area contributed by atoms with Gasteiger partial charge in [0.15, 0.2) is 11.5 Å². The van der Waals surface area contributed by atoms with Gasteiger partial charge in [0.1, 0.15) is 5.75 Å². The molecule has 0 atom stereocenters. The zero-order chi connectivity index (χ0) is 14.5. The van der Waals surface area contributed by atoms with Crippen molar-refractivity contribution in [3.63, 3.8) is 0 Å². The average molecular weight is 290 g/mol. The lowest BCUT2D eigenvalue weighted by atomic mass is 10.2. The van der Waals surface area contributed by atoms with Crippen molar-refractivity contribution in [3.05, 3.63) is 52.5 Å². The van der Waals surface area contributed by atoms with Crippen LogP contribution in [0.2, 0.25) is 5.02 Å². The minimum absolute atomic E-state index is 0.162. The average Bonchev–Trinajstić information content (AvgIpc) is 2.48. The van der Waals surface area contributed by atoms with E-state index in [0.717, 1.165) is 0 Å². The van der Waals surface area contributed by atoms with Crippen LogP contribution in [0, 0.1) is 11.3 Å². The Kier molecular flexibility index (Phi) is 4.46. The maximum absolute atomic E-state index is 9.30. The van der Waals surface area contributed by atoms with Crippen molar-refractivity contribution < 1.29 is 14.6 Å². The van der Waals surface area contributed by atoms with Crippen molar-refractivity contribution in [2.24, 2.45) is 0 Å². The summed E-state index contributed by atoms with van der Waals surface area (Å²) in [4.78, 5) is 0. The van der Waals surface area contributed by atoms with Crippen LogP contribution in [0.25, 0.3) is 0 Å². The number of halogens is 1. The Labute approximate surface area is 121 Å². The van der Waals surface area contributed by atoms with Crippen LogP contribution < -0.4 is 9.47 Å². The molecule has 5 heteroatoms. The first-order valence-electron chi connectivity index (χ1n) is 5.83. The summed E-state index contributed by atoms with van der Waals surface area (Å²) in [6.45, 7) is -0.162. The second-order valence-corrected chi connectivity index (χ2v) is 4.43. The molecule has 0 radical (unpaired) electrons. The maximum atomic E-state index is 9.30. The van der Waals surface area contributed by atoms with Gasteiger partial charge >= 0.3 is 0 Å². The molecule has 0 aliphatic rings. The Morgan fingerprint density at radius 3 is 2.60 bits per heavy atom. The van der Waals surface area contributed by atoms with Crippen LogP contribution in [0.5, 0.6) is 17.2 Å². The fourth-order valence-corrected chi connectivity index (χ4v) is 1.86. The van der Waals surface area contributed by atoms with E-state index in [1.165, 1.54) is 7.11 Å². The molecule has 4 nitrogen and oxygen atoms in total. The second kappa shape index (κ2) is 6.29. The number of nitrogens with zero attached hydrogens (tertiary/aromatic N) is 1. The smallest absolute Gasteiger partial charge is 0.169 e. The van der Waals surface area contributed by atoms with Gasteiger partial charge in [-0.05, 0) is 24.3 Å². The Morgan fingerprint density at radius 1 is 1.15 bits per heavy atom. The molecular formula is C15H12ClNO3. The molecule has 0 fully saturated rings. The highest BCUT2D eigenvalue weighted by atomic mass is 35.5. The third-order valence-corrected chi connectivity index (χ3v) is 2.95. The molecule has 0 aromatic heterocycles. The molecule has 20 heavy (non-hydrogen) atoms. The molecule has 0 saturated carbocycles. The van der Waals surface area contributed by atoms with Gasteiger partial charge in [-0.15, -0.1) is 0 Å². The van der Waals surface area contributed by atoms with E-state index < -0.39 is 0 Å². The van der Waals surface area contributed by atoms with Crippen LogP contribution >= 0.6 is 11.6 Å². The van der Waals surface area contributed by atoms with Crippen LogP contribution in [0.1, 0.15) is 11.1 Å². The standard InChI is InChI=1S/C15H12ClNO3/c1-19-15-6-10(8-17)2-5-13(15)20-14-7-12(16)4-3-11(14)9-18/h2-7,18H,9H2,1H3. The normalized spacial score (nSPS) is 9.90. The predicted molar refractivity (Wildman–Crippen MR) is 75.2 cm³/mol. The van der Waals surface area contributed by atoms with Crippen molar-refractivity contribution in [3.8, 4) is 23.3 Å². The van der Waals surface area contributed by atoms with Crippen molar-refractivity contribution in [1.82, 2.24) is 0 Å². The quantitative estimate of drug-likeness (QED) is 0.935. The van der Waals surface area contributed by atoms with Crippen molar-refractivity contribution in [2.75, 3.05) is 7.11 Å². The summed E-state index contributed by atoms with van der Waals surface area (Å²) in [5.74, 6) is 1.33. The van der Waals surface area contributed by atoms with Gasteiger partial charge in [0, 0.05) is 16.7 Å². The monoisotopic (exact) mass is 289 g/mol.